The predicted octanol–water partition coefficient (Wildman–Crippen LogP) is 1.82. The van der Waals surface area contributed by atoms with E-state index in [1.54, 1.807) is 6.08 Å². The van der Waals surface area contributed by atoms with Crippen LogP contribution in [-0.2, 0) is 14.6 Å². The van der Waals surface area contributed by atoms with Gasteiger partial charge >= 0.3 is 0 Å². The van der Waals surface area contributed by atoms with E-state index in [4.69, 9.17) is 9.94 Å². The number of benzene rings is 2. The zero-order valence-corrected chi connectivity index (χ0v) is 17.3. The molecule has 9 heteroatoms. The highest BCUT2D eigenvalue weighted by Crippen LogP contribution is 2.13. The molecule has 0 aliphatic rings. The van der Waals surface area contributed by atoms with Gasteiger partial charge in [0, 0.05) is 17.9 Å². The molecule has 2 amide bonds. The molecule has 0 heterocycles. The molecule has 160 valence electrons. The molecule has 0 aromatic heterocycles. The van der Waals surface area contributed by atoms with Crippen molar-refractivity contribution in [3.8, 4) is 5.75 Å². The number of amides is 2. The maximum absolute atomic E-state index is 12.2. The van der Waals surface area contributed by atoms with E-state index in [0.29, 0.717) is 5.75 Å². The third kappa shape index (κ3) is 8.46. The highest BCUT2D eigenvalue weighted by atomic mass is 32.2. The van der Waals surface area contributed by atoms with Gasteiger partial charge in [-0.2, -0.15) is 0 Å². The smallest absolute Gasteiger partial charge is 0.274 e. The van der Waals surface area contributed by atoms with Crippen LogP contribution >= 0.6 is 0 Å². The van der Waals surface area contributed by atoms with Crippen molar-refractivity contribution < 1.29 is 28.0 Å². The Morgan fingerprint density at radius 2 is 1.77 bits per heavy atom. The van der Waals surface area contributed by atoms with E-state index in [1.165, 1.54) is 35.8 Å². The van der Waals surface area contributed by atoms with Gasteiger partial charge in [0.15, 0.2) is 0 Å². The molecule has 0 spiro atoms. The SMILES string of the molecule is CS(=O)(=O)CC[C@@H](COc1ccc(C(=O)NO)cc1)NC(=O)/C=C/c1ccccc1. The normalized spacial score (nSPS) is 12.3. The van der Waals surface area contributed by atoms with Crippen LogP contribution in [0.1, 0.15) is 22.3 Å². The summed E-state index contributed by atoms with van der Waals surface area (Å²) in [6.07, 6.45) is 4.36. The van der Waals surface area contributed by atoms with Crippen LogP contribution in [0.15, 0.2) is 60.7 Å². The van der Waals surface area contributed by atoms with E-state index in [9.17, 15) is 18.0 Å². The second-order valence-electron chi connectivity index (χ2n) is 6.64. The largest absolute Gasteiger partial charge is 0.491 e. The first-order valence-corrected chi connectivity index (χ1v) is 11.2. The number of rotatable bonds is 10. The Balaban J connectivity index is 1.98. The number of hydrogen-bond acceptors (Lipinski definition) is 6. The van der Waals surface area contributed by atoms with Gasteiger partial charge in [0.2, 0.25) is 5.91 Å². The lowest BCUT2D eigenvalue weighted by Crippen LogP contribution is -2.39. The fourth-order valence-corrected chi connectivity index (χ4v) is 3.22. The van der Waals surface area contributed by atoms with Crippen molar-refractivity contribution in [3.05, 3.63) is 71.8 Å². The first-order chi connectivity index (χ1) is 14.3. The van der Waals surface area contributed by atoms with Crippen molar-refractivity contribution in [2.75, 3.05) is 18.6 Å². The van der Waals surface area contributed by atoms with Gasteiger partial charge in [-0.1, -0.05) is 30.3 Å². The molecular weight excluding hydrogens is 408 g/mol. The van der Waals surface area contributed by atoms with Crippen molar-refractivity contribution >= 4 is 27.7 Å². The molecule has 0 unspecified atom stereocenters. The van der Waals surface area contributed by atoms with Gasteiger partial charge in [-0.3, -0.25) is 14.8 Å². The van der Waals surface area contributed by atoms with Crippen molar-refractivity contribution in [1.82, 2.24) is 10.8 Å². The molecule has 2 rings (SSSR count). The average Bonchev–Trinajstić information content (AvgIpc) is 2.74. The zero-order chi connectivity index (χ0) is 22.0. The maximum atomic E-state index is 12.2. The molecular formula is C21H24N2O6S. The van der Waals surface area contributed by atoms with Crippen LogP contribution in [0.25, 0.3) is 6.08 Å². The average molecular weight is 432 g/mol. The fourth-order valence-electron chi connectivity index (χ4n) is 2.50. The third-order valence-corrected chi connectivity index (χ3v) is 5.06. The van der Waals surface area contributed by atoms with Gasteiger partial charge in [0.25, 0.3) is 5.91 Å². The zero-order valence-electron chi connectivity index (χ0n) is 16.4. The lowest BCUT2D eigenvalue weighted by Gasteiger charge is -2.18. The molecule has 0 bridgehead atoms. The standard InChI is InChI=1S/C21H24N2O6S/c1-30(27,28)14-13-18(22-20(24)12-7-16-5-3-2-4-6-16)15-29-19-10-8-17(9-11-19)21(25)23-26/h2-12,18,26H,13-15H2,1H3,(H,22,24)(H,23,25)/b12-7+/t18-/m0/s1. The van der Waals surface area contributed by atoms with E-state index >= 15 is 0 Å². The van der Waals surface area contributed by atoms with Crippen molar-refractivity contribution in [1.29, 1.82) is 0 Å². The number of hydrogen-bond donors (Lipinski definition) is 3. The minimum Gasteiger partial charge on any atom is -0.491 e. The molecule has 2 aromatic carbocycles. The van der Waals surface area contributed by atoms with Gasteiger partial charge in [-0.15, -0.1) is 0 Å². The summed E-state index contributed by atoms with van der Waals surface area (Å²) in [7, 11) is -3.20. The summed E-state index contributed by atoms with van der Waals surface area (Å²) in [4.78, 5) is 23.6. The number of hydroxylamine groups is 1. The van der Waals surface area contributed by atoms with E-state index in [-0.39, 0.29) is 30.3 Å². The Kier molecular flexibility index (Phi) is 8.57. The number of ether oxygens (including phenoxy) is 1. The van der Waals surface area contributed by atoms with Crippen LogP contribution in [0, 0.1) is 0 Å². The maximum Gasteiger partial charge on any atom is 0.274 e. The Bertz CT molecular complexity index is 972. The van der Waals surface area contributed by atoms with Gasteiger partial charge in [-0.25, -0.2) is 13.9 Å². The number of carbonyl (C=O) groups is 2. The molecule has 3 N–H and O–H groups in total. The van der Waals surface area contributed by atoms with E-state index in [0.717, 1.165) is 11.8 Å². The summed E-state index contributed by atoms with van der Waals surface area (Å²) >= 11 is 0. The summed E-state index contributed by atoms with van der Waals surface area (Å²) < 4.78 is 28.7. The number of nitrogens with one attached hydrogen (secondary N) is 2. The molecule has 1 atom stereocenters. The summed E-state index contributed by atoms with van der Waals surface area (Å²) in [6.45, 7) is 0.0476. The van der Waals surface area contributed by atoms with Crippen molar-refractivity contribution in [3.63, 3.8) is 0 Å². The topological polar surface area (TPSA) is 122 Å². The fraction of sp³-hybridized carbons (Fsp3) is 0.238. The van der Waals surface area contributed by atoms with Crippen LogP contribution in [0.5, 0.6) is 5.75 Å². The van der Waals surface area contributed by atoms with E-state index in [2.05, 4.69) is 5.32 Å². The molecule has 8 nitrogen and oxygen atoms in total. The highest BCUT2D eigenvalue weighted by Gasteiger charge is 2.15. The van der Waals surface area contributed by atoms with E-state index < -0.39 is 21.8 Å². The first-order valence-electron chi connectivity index (χ1n) is 9.15. The monoisotopic (exact) mass is 432 g/mol. The molecule has 0 saturated carbocycles. The van der Waals surface area contributed by atoms with Crippen molar-refractivity contribution in [2.45, 2.75) is 12.5 Å². The predicted molar refractivity (Wildman–Crippen MR) is 113 cm³/mol. The molecule has 0 radical (unpaired) electrons. The molecule has 30 heavy (non-hydrogen) atoms. The minimum atomic E-state index is -3.20. The van der Waals surface area contributed by atoms with Crippen LogP contribution in [-0.4, -0.2) is 50.1 Å². The van der Waals surface area contributed by atoms with Gasteiger partial charge in [0.1, 0.15) is 22.2 Å². The van der Waals surface area contributed by atoms with Crippen LogP contribution in [0.3, 0.4) is 0 Å². The van der Waals surface area contributed by atoms with Crippen LogP contribution < -0.4 is 15.5 Å². The first kappa shape index (κ1) is 23.1. The second kappa shape index (κ2) is 11.1. The molecule has 2 aromatic rings. The van der Waals surface area contributed by atoms with Crippen LogP contribution in [0.4, 0.5) is 0 Å². The van der Waals surface area contributed by atoms with Gasteiger partial charge < -0.3 is 10.1 Å². The lowest BCUT2D eigenvalue weighted by atomic mass is 10.2. The number of sulfone groups is 1. The molecule has 0 fully saturated rings. The Labute approximate surface area is 175 Å². The summed E-state index contributed by atoms with van der Waals surface area (Å²) in [5, 5.41) is 11.4. The highest BCUT2D eigenvalue weighted by molar-refractivity contribution is 7.90. The lowest BCUT2D eigenvalue weighted by molar-refractivity contribution is -0.117. The number of carbonyl (C=O) groups excluding carboxylic acids is 2. The van der Waals surface area contributed by atoms with Gasteiger partial charge in [-0.05, 0) is 42.3 Å². The summed E-state index contributed by atoms with van der Waals surface area (Å²) in [5.41, 5.74) is 2.65. The Morgan fingerprint density at radius 1 is 1.10 bits per heavy atom. The third-order valence-electron chi connectivity index (χ3n) is 4.08. The second-order valence-corrected chi connectivity index (χ2v) is 8.90. The van der Waals surface area contributed by atoms with Crippen LogP contribution in [0.2, 0.25) is 0 Å². The minimum absolute atomic E-state index is 0.0476. The van der Waals surface area contributed by atoms with Crippen molar-refractivity contribution in [2.24, 2.45) is 0 Å². The van der Waals surface area contributed by atoms with E-state index in [1.807, 2.05) is 30.3 Å². The Hall–Kier alpha value is -3.17. The van der Waals surface area contributed by atoms with Gasteiger partial charge in [0.05, 0.1) is 11.8 Å². The molecule has 0 saturated heterocycles. The molecule has 0 aliphatic heterocycles. The summed E-state index contributed by atoms with van der Waals surface area (Å²) in [6, 6.07) is 14.8. The Morgan fingerprint density at radius 3 is 2.37 bits per heavy atom. The quantitative estimate of drug-likeness (QED) is 0.299. The summed E-state index contributed by atoms with van der Waals surface area (Å²) in [5.74, 6) is -0.678. The molecule has 0 aliphatic carbocycles.